The van der Waals surface area contributed by atoms with Crippen LogP contribution < -0.4 is 0 Å². The van der Waals surface area contributed by atoms with Crippen LogP contribution in [0.1, 0.15) is 21.3 Å². The second kappa shape index (κ2) is 7.35. The maximum atomic E-state index is 13.1. The van der Waals surface area contributed by atoms with Crippen molar-refractivity contribution in [3.63, 3.8) is 0 Å². The molecule has 0 saturated carbocycles. The first kappa shape index (κ1) is 17.5. The van der Waals surface area contributed by atoms with E-state index in [4.69, 9.17) is 23.2 Å². The van der Waals surface area contributed by atoms with Crippen LogP contribution in [-0.4, -0.2) is 32.9 Å². The lowest BCUT2D eigenvalue weighted by Crippen LogP contribution is -2.30. The van der Waals surface area contributed by atoms with Crippen LogP contribution >= 0.6 is 35.0 Å². The Kier molecular flexibility index (Phi) is 4.94. The van der Waals surface area contributed by atoms with Gasteiger partial charge in [0.1, 0.15) is 5.37 Å². The summed E-state index contributed by atoms with van der Waals surface area (Å²) < 4.78 is 1.74. The Morgan fingerprint density at radius 1 is 1.15 bits per heavy atom. The predicted octanol–water partition coefficient (Wildman–Crippen LogP) is 5.07. The largest absolute Gasteiger partial charge is 0.322 e. The summed E-state index contributed by atoms with van der Waals surface area (Å²) in [6.07, 6.45) is 3.57. The summed E-state index contributed by atoms with van der Waals surface area (Å²) in [5, 5.41) is 5.29. The number of carbonyl (C=O) groups excluding carboxylic acids is 1. The first-order valence-corrected chi connectivity index (χ1v) is 9.91. The van der Waals surface area contributed by atoms with E-state index in [2.05, 4.69) is 5.10 Å². The lowest BCUT2D eigenvalue weighted by atomic mass is 10.1. The number of halogens is 2. The van der Waals surface area contributed by atoms with Crippen molar-refractivity contribution in [3.8, 4) is 5.69 Å². The number of hydrogen-bond donors (Lipinski definition) is 0. The molecule has 1 unspecified atom stereocenters. The highest BCUT2D eigenvalue weighted by atomic mass is 35.5. The van der Waals surface area contributed by atoms with E-state index < -0.39 is 0 Å². The Labute approximate surface area is 165 Å². The summed E-state index contributed by atoms with van der Waals surface area (Å²) in [4.78, 5) is 15.0. The molecule has 2 heterocycles. The van der Waals surface area contributed by atoms with Crippen LogP contribution in [0.15, 0.2) is 60.9 Å². The van der Waals surface area contributed by atoms with Gasteiger partial charge in [0.25, 0.3) is 5.91 Å². The fraction of sp³-hybridized carbons (Fsp3) is 0.158. The molecule has 1 amide bonds. The van der Waals surface area contributed by atoms with Crippen LogP contribution in [-0.2, 0) is 0 Å². The minimum Gasteiger partial charge on any atom is -0.322 e. The lowest BCUT2D eigenvalue weighted by molar-refractivity contribution is 0.0760. The van der Waals surface area contributed by atoms with E-state index >= 15 is 0 Å². The third-order valence-electron chi connectivity index (χ3n) is 4.24. The van der Waals surface area contributed by atoms with E-state index in [1.54, 1.807) is 28.7 Å². The number of benzene rings is 2. The van der Waals surface area contributed by atoms with Crippen molar-refractivity contribution >= 4 is 40.9 Å². The van der Waals surface area contributed by atoms with Crippen molar-refractivity contribution in [2.45, 2.75) is 5.37 Å². The van der Waals surface area contributed by atoms with Gasteiger partial charge in [-0.05, 0) is 36.4 Å². The zero-order valence-electron chi connectivity index (χ0n) is 13.7. The summed E-state index contributed by atoms with van der Waals surface area (Å²) in [6.45, 7) is 0.680. The Balaban J connectivity index is 1.64. The smallest absolute Gasteiger partial charge is 0.255 e. The molecule has 0 N–H and O–H groups in total. The van der Waals surface area contributed by atoms with Gasteiger partial charge in [0.2, 0.25) is 0 Å². The zero-order chi connectivity index (χ0) is 18.1. The Bertz CT molecular complexity index is 946. The van der Waals surface area contributed by atoms with Gasteiger partial charge >= 0.3 is 0 Å². The van der Waals surface area contributed by atoms with Gasteiger partial charge in [-0.1, -0.05) is 35.3 Å². The predicted molar refractivity (Wildman–Crippen MR) is 106 cm³/mol. The Morgan fingerprint density at radius 3 is 2.81 bits per heavy atom. The molecule has 0 aliphatic carbocycles. The molecule has 0 spiro atoms. The monoisotopic (exact) mass is 403 g/mol. The van der Waals surface area contributed by atoms with Crippen LogP contribution in [0, 0.1) is 0 Å². The number of aromatic nitrogens is 2. The molecule has 0 bridgehead atoms. The molecule has 132 valence electrons. The number of thioether (sulfide) groups is 1. The van der Waals surface area contributed by atoms with Crippen LogP contribution in [0.3, 0.4) is 0 Å². The van der Waals surface area contributed by atoms with Gasteiger partial charge in [-0.15, -0.1) is 11.8 Å². The van der Waals surface area contributed by atoms with Gasteiger partial charge in [-0.2, -0.15) is 5.10 Å². The van der Waals surface area contributed by atoms with Crippen molar-refractivity contribution < 1.29 is 4.79 Å². The molecule has 1 aliphatic heterocycles. The van der Waals surface area contributed by atoms with Crippen molar-refractivity contribution in [3.05, 3.63) is 82.1 Å². The summed E-state index contributed by atoms with van der Waals surface area (Å²) in [5.41, 5.74) is 2.40. The Hall–Kier alpha value is -1.95. The number of amides is 1. The highest BCUT2D eigenvalue weighted by molar-refractivity contribution is 7.99. The van der Waals surface area contributed by atoms with Gasteiger partial charge in [0, 0.05) is 45.9 Å². The highest BCUT2D eigenvalue weighted by Crippen LogP contribution is 2.42. The second-order valence-electron chi connectivity index (χ2n) is 5.89. The topological polar surface area (TPSA) is 38.1 Å². The SMILES string of the molecule is O=C(c1cccc(-n2cccn2)c1)N1CCSC1c1ccc(Cl)cc1Cl. The molecule has 4 rings (SSSR count). The fourth-order valence-electron chi connectivity index (χ4n) is 3.01. The van der Waals surface area contributed by atoms with E-state index in [1.165, 1.54) is 0 Å². The molecular weight excluding hydrogens is 389 g/mol. The van der Waals surface area contributed by atoms with E-state index in [-0.39, 0.29) is 11.3 Å². The van der Waals surface area contributed by atoms with Gasteiger partial charge in [-0.25, -0.2) is 4.68 Å². The molecule has 1 aromatic heterocycles. The van der Waals surface area contributed by atoms with Crippen LogP contribution in [0.5, 0.6) is 0 Å². The van der Waals surface area contributed by atoms with E-state index in [9.17, 15) is 4.79 Å². The maximum Gasteiger partial charge on any atom is 0.255 e. The molecular formula is C19H15Cl2N3OS. The molecule has 26 heavy (non-hydrogen) atoms. The lowest BCUT2D eigenvalue weighted by Gasteiger charge is -2.25. The van der Waals surface area contributed by atoms with Crippen LogP contribution in [0.25, 0.3) is 5.69 Å². The minimum atomic E-state index is -0.111. The van der Waals surface area contributed by atoms with Crippen LogP contribution in [0.2, 0.25) is 10.0 Å². The standard InChI is InChI=1S/C19H15Cl2N3OS/c20-14-5-6-16(17(21)12-14)19-23(9-10-26-19)18(25)13-3-1-4-15(11-13)24-8-2-7-22-24/h1-8,11-12,19H,9-10H2. The third kappa shape index (κ3) is 3.34. The summed E-state index contributed by atoms with van der Waals surface area (Å²) in [6, 6.07) is 14.8. The first-order chi connectivity index (χ1) is 12.6. The third-order valence-corrected chi connectivity index (χ3v) is 6.05. The summed E-state index contributed by atoms with van der Waals surface area (Å²) in [7, 11) is 0. The molecule has 3 aromatic rings. The van der Waals surface area contributed by atoms with Crippen LogP contribution in [0.4, 0.5) is 0 Å². The summed E-state index contributed by atoms with van der Waals surface area (Å²) >= 11 is 14.1. The quantitative estimate of drug-likeness (QED) is 0.612. The normalized spacial score (nSPS) is 16.8. The van der Waals surface area contributed by atoms with Crippen molar-refractivity contribution in [1.82, 2.24) is 14.7 Å². The molecule has 0 radical (unpaired) electrons. The summed E-state index contributed by atoms with van der Waals surface area (Å²) in [5.74, 6) is 0.855. The average molecular weight is 404 g/mol. The highest BCUT2D eigenvalue weighted by Gasteiger charge is 2.32. The second-order valence-corrected chi connectivity index (χ2v) is 7.92. The fourth-order valence-corrected chi connectivity index (χ4v) is 4.87. The molecule has 1 saturated heterocycles. The number of rotatable bonds is 3. The maximum absolute atomic E-state index is 13.1. The number of nitrogens with zero attached hydrogens (tertiary/aromatic N) is 3. The number of hydrogen-bond acceptors (Lipinski definition) is 3. The molecule has 2 aromatic carbocycles. The van der Waals surface area contributed by atoms with Crippen molar-refractivity contribution in [2.75, 3.05) is 12.3 Å². The molecule has 1 aliphatic rings. The first-order valence-electron chi connectivity index (χ1n) is 8.11. The number of carbonyl (C=O) groups is 1. The van der Waals surface area contributed by atoms with Gasteiger partial charge in [0.05, 0.1) is 5.69 Å². The van der Waals surface area contributed by atoms with Crippen molar-refractivity contribution in [2.24, 2.45) is 0 Å². The van der Waals surface area contributed by atoms with E-state index in [0.717, 1.165) is 17.0 Å². The van der Waals surface area contributed by atoms with E-state index in [1.807, 2.05) is 53.6 Å². The average Bonchev–Trinajstić information content (AvgIpc) is 3.33. The molecule has 4 nitrogen and oxygen atoms in total. The molecule has 7 heteroatoms. The van der Waals surface area contributed by atoms with Gasteiger partial charge < -0.3 is 4.90 Å². The Morgan fingerprint density at radius 2 is 2.04 bits per heavy atom. The molecule has 1 atom stereocenters. The zero-order valence-corrected chi connectivity index (χ0v) is 16.0. The van der Waals surface area contributed by atoms with Gasteiger partial charge in [-0.3, -0.25) is 4.79 Å². The van der Waals surface area contributed by atoms with E-state index in [0.29, 0.717) is 22.2 Å². The molecule has 1 fully saturated rings. The van der Waals surface area contributed by atoms with Gasteiger partial charge in [0.15, 0.2) is 0 Å². The van der Waals surface area contributed by atoms with Crippen molar-refractivity contribution in [1.29, 1.82) is 0 Å². The minimum absolute atomic E-state index is 0.0139.